The summed E-state index contributed by atoms with van der Waals surface area (Å²) < 4.78 is 0. The summed E-state index contributed by atoms with van der Waals surface area (Å²) in [5.74, 6) is -0.131. The smallest absolute Gasteiger partial charge is 0.244 e. The number of rotatable bonds is 4. The first-order valence-electron chi connectivity index (χ1n) is 7.16. The number of hydrogen-bond donors (Lipinski definition) is 3. The third kappa shape index (κ3) is 2.93. The van der Waals surface area contributed by atoms with E-state index in [9.17, 15) is 4.79 Å². The van der Waals surface area contributed by atoms with Gasteiger partial charge in [0.15, 0.2) is 0 Å². The number of hydrogen-bond acceptors (Lipinski definition) is 2. The summed E-state index contributed by atoms with van der Waals surface area (Å²) in [6.07, 6.45) is 3.70. The molecule has 0 aliphatic carbocycles. The van der Waals surface area contributed by atoms with Crippen molar-refractivity contribution in [3.05, 3.63) is 59.0 Å². The van der Waals surface area contributed by atoms with Crippen LogP contribution in [0.25, 0.3) is 10.9 Å². The lowest BCUT2D eigenvalue weighted by atomic mass is 10.1. The Morgan fingerprint density at radius 3 is 2.95 bits per heavy atom. The lowest BCUT2D eigenvalue weighted by Crippen LogP contribution is -2.20. The van der Waals surface area contributed by atoms with Crippen LogP contribution in [0.3, 0.4) is 0 Å². The van der Waals surface area contributed by atoms with E-state index in [1.165, 1.54) is 5.56 Å². The number of aromatic nitrogens is 2. The maximum atomic E-state index is 12.1. The molecule has 0 fully saturated rings. The van der Waals surface area contributed by atoms with Crippen LogP contribution in [0.1, 0.15) is 22.5 Å². The van der Waals surface area contributed by atoms with Crippen molar-refractivity contribution in [2.24, 2.45) is 5.10 Å². The van der Waals surface area contributed by atoms with Crippen molar-refractivity contribution in [3.8, 4) is 0 Å². The van der Waals surface area contributed by atoms with Gasteiger partial charge in [0.2, 0.25) is 5.91 Å². The van der Waals surface area contributed by atoms with Gasteiger partial charge >= 0.3 is 0 Å². The van der Waals surface area contributed by atoms with Gasteiger partial charge in [-0.2, -0.15) is 5.10 Å². The quantitative estimate of drug-likeness (QED) is 0.502. The Kier molecular flexibility index (Phi) is 3.78. The van der Waals surface area contributed by atoms with Gasteiger partial charge in [0.25, 0.3) is 0 Å². The molecule has 5 heteroatoms. The van der Waals surface area contributed by atoms with Crippen molar-refractivity contribution >= 4 is 23.0 Å². The Balaban J connectivity index is 1.74. The fourth-order valence-electron chi connectivity index (χ4n) is 2.52. The minimum Gasteiger partial charge on any atom is -0.360 e. The van der Waals surface area contributed by atoms with Crippen molar-refractivity contribution in [2.75, 3.05) is 0 Å². The molecule has 0 saturated heterocycles. The van der Waals surface area contributed by atoms with Crippen LogP contribution in [-0.4, -0.2) is 22.1 Å². The summed E-state index contributed by atoms with van der Waals surface area (Å²) in [5.41, 5.74) is 7.68. The van der Waals surface area contributed by atoms with Crippen molar-refractivity contribution in [3.63, 3.8) is 0 Å². The highest BCUT2D eigenvalue weighted by molar-refractivity contribution is 5.90. The molecule has 0 aliphatic heterocycles. The minimum atomic E-state index is -0.131. The fourth-order valence-corrected chi connectivity index (χ4v) is 2.52. The molecular weight excluding hydrogens is 276 g/mol. The first-order valence-corrected chi connectivity index (χ1v) is 7.16. The number of H-pyrrole nitrogens is 2. The van der Waals surface area contributed by atoms with Crippen molar-refractivity contribution < 1.29 is 4.79 Å². The number of nitrogens with zero attached hydrogens (tertiary/aromatic N) is 1. The Morgan fingerprint density at radius 1 is 1.32 bits per heavy atom. The van der Waals surface area contributed by atoms with E-state index in [0.29, 0.717) is 6.42 Å². The molecular formula is C17H18N4O. The first-order chi connectivity index (χ1) is 10.6. The van der Waals surface area contributed by atoms with Gasteiger partial charge in [-0.15, -0.1) is 0 Å². The topological polar surface area (TPSA) is 73.0 Å². The van der Waals surface area contributed by atoms with Crippen LogP contribution in [0.5, 0.6) is 0 Å². The number of aromatic amines is 2. The number of carbonyl (C=O) groups excluding carboxylic acids is 1. The summed E-state index contributed by atoms with van der Waals surface area (Å²) in [6, 6.07) is 9.96. The van der Waals surface area contributed by atoms with Gasteiger partial charge in [0, 0.05) is 22.8 Å². The Hall–Kier alpha value is -2.82. The Labute approximate surface area is 128 Å². The summed E-state index contributed by atoms with van der Waals surface area (Å²) in [6.45, 7) is 4.03. The van der Waals surface area contributed by atoms with Crippen LogP contribution >= 0.6 is 0 Å². The van der Waals surface area contributed by atoms with Gasteiger partial charge in [-0.1, -0.05) is 11.6 Å². The average molecular weight is 294 g/mol. The van der Waals surface area contributed by atoms with E-state index in [1.54, 1.807) is 12.4 Å². The summed E-state index contributed by atoms with van der Waals surface area (Å²) in [5, 5.41) is 5.05. The zero-order chi connectivity index (χ0) is 15.5. The van der Waals surface area contributed by atoms with Crippen LogP contribution in [0.2, 0.25) is 0 Å². The zero-order valence-corrected chi connectivity index (χ0v) is 12.6. The van der Waals surface area contributed by atoms with E-state index in [-0.39, 0.29) is 5.91 Å². The van der Waals surface area contributed by atoms with Gasteiger partial charge in [-0.25, -0.2) is 5.43 Å². The van der Waals surface area contributed by atoms with E-state index in [1.807, 2.05) is 32.0 Å². The lowest BCUT2D eigenvalue weighted by molar-refractivity contribution is -0.120. The van der Waals surface area contributed by atoms with Crippen molar-refractivity contribution in [1.29, 1.82) is 0 Å². The molecule has 1 aromatic carbocycles. The highest BCUT2D eigenvalue weighted by Gasteiger charge is 2.12. The van der Waals surface area contributed by atoms with Crippen LogP contribution in [0.4, 0.5) is 0 Å². The van der Waals surface area contributed by atoms with Crippen LogP contribution in [0, 0.1) is 13.8 Å². The molecule has 0 saturated carbocycles. The predicted molar refractivity (Wildman–Crippen MR) is 88.0 cm³/mol. The number of aryl methyl sites for hydroxylation is 2. The van der Waals surface area contributed by atoms with Gasteiger partial charge in [-0.3, -0.25) is 4.79 Å². The highest BCUT2D eigenvalue weighted by atomic mass is 16.2. The number of hydrazone groups is 1. The average Bonchev–Trinajstić information content (AvgIpc) is 3.09. The van der Waals surface area contributed by atoms with Gasteiger partial charge < -0.3 is 9.97 Å². The molecule has 1 amide bonds. The molecule has 0 unspecified atom stereocenters. The monoisotopic (exact) mass is 294 g/mol. The minimum absolute atomic E-state index is 0.131. The third-order valence-corrected chi connectivity index (χ3v) is 3.63. The number of benzene rings is 1. The number of fused-ring (bicyclic) bond motifs is 1. The molecule has 0 spiro atoms. The van der Waals surface area contributed by atoms with Crippen molar-refractivity contribution in [1.82, 2.24) is 15.4 Å². The summed E-state index contributed by atoms with van der Waals surface area (Å²) in [4.78, 5) is 18.4. The normalized spacial score (nSPS) is 11.4. The lowest BCUT2D eigenvalue weighted by Gasteiger charge is -2.01. The molecule has 3 rings (SSSR count). The largest absolute Gasteiger partial charge is 0.360 e. The molecule has 0 radical (unpaired) electrons. The van der Waals surface area contributed by atoms with Gasteiger partial charge in [0.05, 0.1) is 18.3 Å². The second-order valence-corrected chi connectivity index (χ2v) is 5.37. The second-order valence-electron chi connectivity index (χ2n) is 5.37. The van der Waals surface area contributed by atoms with Crippen LogP contribution in [0.15, 0.2) is 41.6 Å². The molecule has 2 aromatic heterocycles. The molecule has 0 bridgehead atoms. The molecule has 22 heavy (non-hydrogen) atoms. The third-order valence-electron chi connectivity index (χ3n) is 3.63. The number of carbonyl (C=O) groups is 1. The SMILES string of the molecule is Cc1ccc2[nH]c(C)c(CC(=O)NN=Cc3ccc[nH]3)c2c1. The Bertz CT molecular complexity index is 828. The van der Waals surface area contributed by atoms with E-state index in [2.05, 4.69) is 32.6 Å². The fraction of sp³-hybridized carbons (Fsp3) is 0.176. The molecule has 0 atom stereocenters. The van der Waals surface area contributed by atoms with E-state index in [4.69, 9.17) is 0 Å². The molecule has 3 aromatic rings. The molecule has 5 nitrogen and oxygen atoms in total. The summed E-state index contributed by atoms with van der Waals surface area (Å²) in [7, 11) is 0. The second kappa shape index (κ2) is 5.89. The summed E-state index contributed by atoms with van der Waals surface area (Å²) >= 11 is 0. The van der Waals surface area contributed by atoms with Crippen LogP contribution < -0.4 is 5.43 Å². The molecule has 112 valence electrons. The van der Waals surface area contributed by atoms with Gasteiger partial charge in [0.1, 0.15) is 0 Å². The molecule has 2 heterocycles. The molecule has 3 N–H and O–H groups in total. The number of nitrogens with one attached hydrogen (secondary N) is 3. The van der Waals surface area contributed by atoms with Crippen LogP contribution in [-0.2, 0) is 11.2 Å². The predicted octanol–water partition coefficient (Wildman–Crippen LogP) is 2.81. The van der Waals surface area contributed by atoms with E-state index >= 15 is 0 Å². The maximum Gasteiger partial charge on any atom is 0.244 e. The maximum absolute atomic E-state index is 12.1. The van der Waals surface area contributed by atoms with E-state index < -0.39 is 0 Å². The number of amides is 1. The molecule has 0 aliphatic rings. The highest BCUT2D eigenvalue weighted by Crippen LogP contribution is 2.23. The zero-order valence-electron chi connectivity index (χ0n) is 12.6. The Morgan fingerprint density at radius 2 is 2.18 bits per heavy atom. The van der Waals surface area contributed by atoms with E-state index in [0.717, 1.165) is 27.9 Å². The van der Waals surface area contributed by atoms with Crippen molar-refractivity contribution in [2.45, 2.75) is 20.3 Å². The first kappa shape index (κ1) is 14.1. The standard InChI is InChI=1S/C17H18N4O/c1-11-5-6-16-15(8-11)14(12(2)20-16)9-17(22)21-19-10-13-4-3-7-18-13/h3-8,10,18,20H,9H2,1-2H3,(H,21,22). The van der Waals surface area contributed by atoms with Gasteiger partial charge in [-0.05, 0) is 43.7 Å².